The molecule has 1 aliphatic heterocycles. The Morgan fingerprint density at radius 2 is 1.72 bits per heavy atom. The van der Waals surface area contributed by atoms with E-state index >= 15 is 0 Å². The van der Waals surface area contributed by atoms with E-state index in [9.17, 15) is 13.2 Å². The van der Waals surface area contributed by atoms with Crippen molar-refractivity contribution in [1.82, 2.24) is 4.90 Å². The molecule has 0 unspecified atom stereocenters. The molecular weight excluding hydrogens is 410 g/mol. The lowest BCUT2D eigenvalue weighted by Gasteiger charge is -2.36. The number of carbonyl (C=O) groups excluding carboxylic acids is 1. The first kappa shape index (κ1) is 21.5. The van der Waals surface area contributed by atoms with Crippen molar-refractivity contribution < 1.29 is 13.2 Å². The van der Waals surface area contributed by atoms with Crippen LogP contribution in [0.2, 0.25) is 5.02 Å². The van der Waals surface area contributed by atoms with Gasteiger partial charge in [-0.2, -0.15) is 0 Å². The van der Waals surface area contributed by atoms with Gasteiger partial charge in [-0.3, -0.25) is 9.10 Å². The van der Waals surface area contributed by atoms with Crippen molar-refractivity contribution in [2.45, 2.75) is 12.8 Å². The second-order valence-corrected chi connectivity index (χ2v) is 9.47. The average molecular weight is 436 g/mol. The zero-order chi connectivity index (χ0) is 20.9. The number of para-hydroxylation sites is 1. The third kappa shape index (κ3) is 5.87. The fraction of sp³-hybridized carbons (Fsp3) is 0.381. The average Bonchev–Trinajstić information content (AvgIpc) is 2.71. The number of amides is 1. The predicted octanol–water partition coefficient (Wildman–Crippen LogP) is 3.24. The summed E-state index contributed by atoms with van der Waals surface area (Å²) in [6, 6.07) is 16.7. The van der Waals surface area contributed by atoms with Gasteiger partial charge in [-0.25, -0.2) is 8.42 Å². The Bertz CT molecular complexity index is 929. The van der Waals surface area contributed by atoms with Gasteiger partial charge in [0.05, 0.1) is 11.9 Å². The van der Waals surface area contributed by atoms with Gasteiger partial charge in [-0.1, -0.05) is 35.9 Å². The molecule has 1 amide bonds. The molecule has 3 rings (SSSR count). The number of benzene rings is 2. The lowest BCUT2D eigenvalue weighted by molar-refractivity contribution is -0.131. The summed E-state index contributed by atoms with van der Waals surface area (Å²) in [4.78, 5) is 16.7. The number of sulfonamides is 1. The summed E-state index contributed by atoms with van der Waals surface area (Å²) in [5.74, 6) is 0.0669. The van der Waals surface area contributed by atoms with Crippen molar-refractivity contribution in [3.8, 4) is 0 Å². The van der Waals surface area contributed by atoms with Gasteiger partial charge in [0.25, 0.3) is 0 Å². The van der Waals surface area contributed by atoms with Crippen molar-refractivity contribution in [3.63, 3.8) is 0 Å². The number of rotatable bonds is 7. The van der Waals surface area contributed by atoms with Crippen molar-refractivity contribution in [3.05, 3.63) is 59.6 Å². The fourth-order valence-corrected chi connectivity index (χ4v) is 4.65. The minimum absolute atomic E-state index is 0.0669. The molecule has 156 valence electrons. The van der Waals surface area contributed by atoms with Gasteiger partial charge in [-0.05, 0) is 36.8 Å². The Labute approximate surface area is 177 Å². The molecule has 0 aliphatic carbocycles. The van der Waals surface area contributed by atoms with Crippen LogP contribution >= 0.6 is 11.6 Å². The first-order valence-electron chi connectivity index (χ1n) is 9.65. The summed E-state index contributed by atoms with van der Waals surface area (Å²) in [7, 11) is -3.39. The summed E-state index contributed by atoms with van der Waals surface area (Å²) < 4.78 is 25.6. The third-order valence-corrected chi connectivity index (χ3v) is 6.43. The summed E-state index contributed by atoms with van der Waals surface area (Å²) >= 11 is 6.06. The number of anilines is 2. The Morgan fingerprint density at radius 1 is 1.03 bits per heavy atom. The normalized spacial score (nSPS) is 14.7. The van der Waals surface area contributed by atoms with Gasteiger partial charge in [-0.15, -0.1) is 0 Å². The van der Waals surface area contributed by atoms with E-state index in [4.69, 9.17) is 11.6 Å². The SMILES string of the molecule is CS(=O)(=O)N(CCCC(=O)N1CCN(c2cccc(Cl)c2)CC1)c1ccccc1. The third-order valence-electron chi connectivity index (χ3n) is 5.00. The summed E-state index contributed by atoms with van der Waals surface area (Å²) in [5.41, 5.74) is 1.69. The van der Waals surface area contributed by atoms with Gasteiger partial charge >= 0.3 is 0 Å². The van der Waals surface area contributed by atoms with Crippen LogP contribution < -0.4 is 9.21 Å². The molecule has 0 saturated carbocycles. The van der Waals surface area contributed by atoms with E-state index in [1.807, 2.05) is 35.2 Å². The molecule has 0 radical (unpaired) electrons. The van der Waals surface area contributed by atoms with Crippen molar-refractivity contribution >= 4 is 38.9 Å². The smallest absolute Gasteiger partial charge is 0.232 e. The highest BCUT2D eigenvalue weighted by Crippen LogP contribution is 2.21. The van der Waals surface area contributed by atoms with Crippen LogP contribution in [0.25, 0.3) is 0 Å². The minimum atomic E-state index is -3.39. The standard InChI is InChI=1S/C21H26ClN3O3S/c1-29(27,28)25(19-8-3-2-4-9-19)12-6-11-21(26)24-15-13-23(14-16-24)20-10-5-7-18(22)17-20/h2-5,7-10,17H,6,11-16H2,1H3. The molecule has 1 aliphatic rings. The molecular formula is C21H26ClN3O3S. The van der Waals surface area contributed by atoms with Gasteiger partial charge in [0, 0.05) is 49.9 Å². The Balaban J connectivity index is 1.50. The fourth-order valence-electron chi connectivity index (χ4n) is 3.50. The maximum absolute atomic E-state index is 12.6. The summed E-state index contributed by atoms with van der Waals surface area (Å²) in [6.07, 6.45) is 2.00. The molecule has 0 aromatic heterocycles. The molecule has 8 heteroatoms. The molecule has 2 aromatic rings. The van der Waals surface area contributed by atoms with Crippen molar-refractivity contribution in [1.29, 1.82) is 0 Å². The Kier molecular flexibility index (Phi) is 7.03. The van der Waals surface area contributed by atoms with Crippen LogP contribution in [-0.4, -0.2) is 58.2 Å². The largest absolute Gasteiger partial charge is 0.368 e. The molecule has 0 atom stereocenters. The Hall–Kier alpha value is -2.25. The first-order chi connectivity index (χ1) is 13.8. The number of nitrogens with zero attached hydrogens (tertiary/aromatic N) is 3. The zero-order valence-corrected chi connectivity index (χ0v) is 18.1. The van der Waals surface area contributed by atoms with E-state index in [-0.39, 0.29) is 12.5 Å². The van der Waals surface area contributed by atoms with Crippen LogP contribution in [0.5, 0.6) is 0 Å². The second-order valence-electron chi connectivity index (χ2n) is 7.12. The van der Waals surface area contributed by atoms with Crippen LogP contribution in [0.15, 0.2) is 54.6 Å². The number of hydrogen-bond acceptors (Lipinski definition) is 4. The van der Waals surface area contributed by atoms with Crippen LogP contribution in [-0.2, 0) is 14.8 Å². The van der Waals surface area contributed by atoms with Crippen LogP contribution in [0.1, 0.15) is 12.8 Å². The van der Waals surface area contributed by atoms with E-state index in [0.717, 1.165) is 18.8 Å². The summed E-state index contributed by atoms with van der Waals surface area (Å²) in [5, 5.41) is 0.704. The number of piperazine rings is 1. The number of halogens is 1. The number of hydrogen-bond donors (Lipinski definition) is 0. The van der Waals surface area contributed by atoms with E-state index in [1.165, 1.54) is 10.6 Å². The molecule has 2 aromatic carbocycles. The molecule has 29 heavy (non-hydrogen) atoms. The maximum Gasteiger partial charge on any atom is 0.232 e. The molecule has 0 spiro atoms. The summed E-state index contributed by atoms with van der Waals surface area (Å²) in [6.45, 7) is 3.10. The maximum atomic E-state index is 12.6. The number of carbonyl (C=O) groups is 1. The highest BCUT2D eigenvalue weighted by Gasteiger charge is 2.22. The molecule has 0 bridgehead atoms. The van der Waals surface area contributed by atoms with E-state index in [1.54, 1.807) is 24.3 Å². The van der Waals surface area contributed by atoms with Crippen molar-refractivity contribution in [2.75, 3.05) is 48.2 Å². The molecule has 1 heterocycles. The Morgan fingerprint density at radius 3 is 2.34 bits per heavy atom. The second kappa shape index (κ2) is 9.50. The van der Waals surface area contributed by atoms with Crippen molar-refractivity contribution in [2.24, 2.45) is 0 Å². The van der Waals surface area contributed by atoms with Crippen LogP contribution in [0.3, 0.4) is 0 Å². The van der Waals surface area contributed by atoms with Crippen LogP contribution in [0.4, 0.5) is 11.4 Å². The van der Waals surface area contributed by atoms with Gasteiger partial charge in [0.1, 0.15) is 0 Å². The lowest BCUT2D eigenvalue weighted by atomic mass is 10.2. The van der Waals surface area contributed by atoms with Crippen LogP contribution in [0, 0.1) is 0 Å². The van der Waals surface area contributed by atoms with Gasteiger partial charge < -0.3 is 9.80 Å². The molecule has 0 N–H and O–H groups in total. The van der Waals surface area contributed by atoms with E-state index in [0.29, 0.717) is 36.6 Å². The topological polar surface area (TPSA) is 60.9 Å². The van der Waals surface area contributed by atoms with Gasteiger partial charge in [0.2, 0.25) is 15.9 Å². The highest BCUT2D eigenvalue weighted by molar-refractivity contribution is 7.92. The highest BCUT2D eigenvalue weighted by atomic mass is 35.5. The molecule has 1 saturated heterocycles. The molecule has 6 nitrogen and oxygen atoms in total. The van der Waals surface area contributed by atoms with E-state index < -0.39 is 10.0 Å². The zero-order valence-electron chi connectivity index (χ0n) is 16.5. The molecule has 1 fully saturated rings. The van der Waals surface area contributed by atoms with Gasteiger partial charge in [0.15, 0.2) is 0 Å². The minimum Gasteiger partial charge on any atom is -0.368 e. The first-order valence-corrected chi connectivity index (χ1v) is 11.9. The monoisotopic (exact) mass is 435 g/mol. The lowest BCUT2D eigenvalue weighted by Crippen LogP contribution is -2.48. The quantitative estimate of drug-likeness (QED) is 0.669. The predicted molar refractivity (Wildman–Crippen MR) is 118 cm³/mol. The van der Waals surface area contributed by atoms with E-state index in [2.05, 4.69) is 4.90 Å².